The Morgan fingerprint density at radius 2 is 0.523 bits per heavy atom. The van der Waals surface area contributed by atoms with Crippen molar-refractivity contribution in [1.29, 1.82) is 0 Å². The third kappa shape index (κ3) is 15.5. The van der Waals surface area contributed by atoms with Gasteiger partial charge in [-0.2, -0.15) is 0 Å². The predicted octanol–water partition coefficient (Wildman–Crippen LogP) is 18.5. The number of hydrogen-bond donors (Lipinski definition) is 4. The Morgan fingerprint density at radius 3 is 0.705 bits per heavy atom. The Balaban J connectivity index is 1.41. The maximum atomic E-state index is 13.5. The first kappa shape index (κ1) is 67.5. The molecule has 0 radical (unpaired) electrons. The van der Waals surface area contributed by atoms with Crippen LogP contribution < -0.4 is 18.9 Å². The molecule has 4 aromatic carbocycles. The summed E-state index contributed by atoms with van der Waals surface area (Å²) in [7, 11) is 0. The number of benzene rings is 4. The lowest BCUT2D eigenvalue weighted by Crippen LogP contribution is -2.35. The Hall–Kier alpha value is -4.88. The minimum absolute atomic E-state index is 0.199. The highest BCUT2D eigenvalue weighted by Crippen LogP contribution is 2.58. The lowest BCUT2D eigenvalue weighted by Gasteiger charge is -2.39. The highest BCUT2D eigenvalue weighted by atomic mass is 16.5. The van der Waals surface area contributed by atoms with Crippen molar-refractivity contribution in [2.45, 2.75) is 261 Å². The molecule has 0 spiro atoms. The van der Waals surface area contributed by atoms with Crippen LogP contribution in [0.4, 0.5) is 0 Å². The molecule has 4 unspecified atom stereocenters. The average molecular weight is 1210 g/mol. The van der Waals surface area contributed by atoms with Gasteiger partial charge >= 0.3 is 0 Å². The molecular weight excluding hydrogens is 1100 g/mol. The number of aromatic hydroxyl groups is 4. The van der Waals surface area contributed by atoms with Gasteiger partial charge in [0.15, 0.2) is 0 Å². The van der Waals surface area contributed by atoms with E-state index in [0.717, 1.165) is 170 Å². The number of phenolic OH excluding ortho intramolecular Hbond substituents is 4. The standard InChI is InChI=1S/C76H116N4O8/c1-13-17-21-25-29-77-41-65-69(81)57-37-61(73(65)85-45-77)54(34-50(7)8)58-38-63(75-66(70(58)82)42-78(47-87-75)30-26-22-18-14-2)56(36-52(11)12)60-40-64(76-68(72(60)84)44-80(48-88-76)32-28-24-20-16-4)55(35-51(9)10)59-39-62(53(57)33-49(5)6)74-67(71(59)83)43-79(46-86-74)31-27-23-19-15-3/h37-40,49-56,81-84H,13-36,41-48H2,1-12H3. The molecule has 5 aliphatic rings. The summed E-state index contributed by atoms with van der Waals surface area (Å²) in [6.45, 7) is 34.4. The molecule has 88 heavy (non-hydrogen) atoms. The van der Waals surface area contributed by atoms with E-state index in [-0.39, 0.29) is 70.3 Å². The summed E-state index contributed by atoms with van der Waals surface area (Å²) in [6, 6.07) is 9.05. The van der Waals surface area contributed by atoms with Crippen molar-refractivity contribution in [3.8, 4) is 46.0 Å². The van der Waals surface area contributed by atoms with Gasteiger partial charge in [-0.1, -0.05) is 160 Å². The third-order valence-electron chi connectivity index (χ3n) is 19.9. The molecule has 4 heterocycles. The van der Waals surface area contributed by atoms with Gasteiger partial charge in [-0.25, -0.2) is 0 Å². The molecule has 8 bridgehead atoms. The zero-order valence-corrected chi connectivity index (χ0v) is 56.8. The Kier molecular flexibility index (Phi) is 24.1. The maximum Gasteiger partial charge on any atom is 0.142 e. The fraction of sp³-hybridized carbons (Fsp3) is 0.684. The molecule has 0 saturated carbocycles. The third-order valence-corrected chi connectivity index (χ3v) is 19.9. The Labute approximate surface area is 531 Å². The van der Waals surface area contributed by atoms with Crippen LogP contribution in [-0.4, -0.2) is 93.1 Å². The minimum atomic E-state index is -0.361. The van der Waals surface area contributed by atoms with Crippen molar-refractivity contribution in [3.05, 3.63) is 91.0 Å². The number of ether oxygens (including phenoxy) is 4. The van der Waals surface area contributed by atoms with Crippen molar-refractivity contribution in [2.75, 3.05) is 53.1 Å². The maximum absolute atomic E-state index is 13.5. The molecule has 0 amide bonds. The SMILES string of the molecule is CCCCCCN1COc2c3cc(c(O)c2C1)C(CC(C)C)c1cc(c(O)c2c1OCN(CCCCCC)C2)C(CC(C)C)c1cc(c(O)c2c1OCN(CCCCCC)C2)C(CC(C)C)c1cc(c(O)c2c1OCN(CCCCCC)C2)C3CC(C)C. The quantitative estimate of drug-likeness (QED) is 0.0404. The summed E-state index contributed by atoms with van der Waals surface area (Å²) in [6.07, 6.45) is 20.9. The Bertz CT molecular complexity index is 2540. The van der Waals surface area contributed by atoms with Crippen LogP contribution in [0.3, 0.4) is 0 Å². The molecule has 488 valence electrons. The molecule has 0 aromatic heterocycles. The molecule has 4 atom stereocenters. The largest absolute Gasteiger partial charge is 0.507 e. The zero-order chi connectivity index (χ0) is 62.8. The molecule has 4 aromatic rings. The van der Waals surface area contributed by atoms with Crippen molar-refractivity contribution < 1.29 is 39.4 Å². The molecule has 1 aliphatic carbocycles. The number of fused-ring (bicyclic) bond motifs is 16. The van der Waals surface area contributed by atoms with E-state index in [2.05, 4.69) is 127 Å². The van der Waals surface area contributed by atoms with E-state index < -0.39 is 0 Å². The second kappa shape index (κ2) is 31.4. The predicted molar refractivity (Wildman–Crippen MR) is 358 cm³/mol. The number of hydrogen-bond acceptors (Lipinski definition) is 12. The monoisotopic (exact) mass is 1210 g/mol. The van der Waals surface area contributed by atoms with Crippen LogP contribution in [-0.2, 0) is 26.2 Å². The van der Waals surface area contributed by atoms with Gasteiger partial charge < -0.3 is 39.4 Å². The van der Waals surface area contributed by atoms with Crippen LogP contribution in [0.2, 0.25) is 0 Å². The van der Waals surface area contributed by atoms with E-state index in [1.807, 2.05) is 0 Å². The smallest absolute Gasteiger partial charge is 0.142 e. The minimum Gasteiger partial charge on any atom is -0.507 e. The molecule has 12 heteroatoms. The van der Waals surface area contributed by atoms with Crippen LogP contribution in [0.1, 0.15) is 302 Å². The summed E-state index contributed by atoms with van der Waals surface area (Å²) in [5, 5.41) is 54.2. The molecule has 0 saturated heterocycles. The zero-order valence-electron chi connectivity index (χ0n) is 56.8. The lowest BCUT2D eigenvalue weighted by molar-refractivity contribution is 0.0889. The second-order valence-electron chi connectivity index (χ2n) is 29.1. The topological polar surface area (TPSA) is 131 Å². The van der Waals surface area contributed by atoms with E-state index >= 15 is 0 Å². The number of unbranched alkanes of at least 4 members (excludes halogenated alkanes) is 12. The van der Waals surface area contributed by atoms with Crippen LogP contribution in [0.5, 0.6) is 46.0 Å². The van der Waals surface area contributed by atoms with Crippen LogP contribution in [0.25, 0.3) is 0 Å². The van der Waals surface area contributed by atoms with Crippen LogP contribution in [0, 0.1) is 23.7 Å². The van der Waals surface area contributed by atoms with Crippen molar-refractivity contribution in [2.24, 2.45) is 23.7 Å². The average Bonchev–Trinajstić information content (AvgIpc) is 0.895. The molecule has 0 fully saturated rings. The van der Waals surface area contributed by atoms with Gasteiger partial charge in [-0.3, -0.25) is 19.6 Å². The van der Waals surface area contributed by atoms with E-state index in [4.69, 9.17) is 18.9 Å². The van der Waals surface area contributed by atoms with Crippen molar-refractivity contribution in [3.63, 3.8) is 0 Å². The number of rotatable bonds is 28. The highest BCUT2D eigenvalue weighted by Gasteiger charge is 2.42. The summed E-state index contributed by atoms with van der Waals surface area (Å²) < 4.78 is 28.6. The highest BCUT2D eigenvalue weighted by molar-refractivity contribution is 5.69. The normalized spacial score (nSPS) is 19.7. The molecule has 4 N–H and O–H groups in total. The van der Waals surface area contributed by atoms with Crippen molar-refractivity contribution in [1.82, 2.24) is 19.6 Å². The number of phenols is 4. The summed E-state index contributed by atoms with van der Waals surface area (Å²) >= 11 is 0. The fourth-order valence-electron chi connectivity index (χ4n) is 15.3. The molecular formula is C76H116N4O8. The second-order valence-corrected chi connectivity index (χ2v) is 29.1. The van der Waals surface area contributed by atoms with Gasteiger partial charge in [0, 0.05) is 121 Å². The molecule has 9 rings (SSSR count). The van der Waals surface area contributed by atoms with Gasteiger partial charge in [-0.15, -0.1) is 0 Å². The van der Waals surface area contributed by atoms with E-state index in [1.54, 1.807) is 0 Å². The van der Waals surface area contributed by atoms with Crippen molar-refractivity contribution >= 4 is 0 Å². The first-order valence-corrected chi connectivity index (χ1v) is 35.4. The number of nitrogens with zero attached hydrogens (tertiary/aromatic N) is 4. The molecule has 12 nitrogen and oxygen atoms in total. The van der Waals surface area contributed by atoms with E-state index in [1.165, 1.54) is 25.7 Å². The van der Waals surface area contributed by atoms with Crippen LogP contribution >= 0.6 is 0 Å². The summed E-state index contributed by atoms with van der Waals surface area (Å²) in [5.74, 6) is 3.23. The summed E-state index contributed by atoms with van der Waals surface area (Å²) in [4.78, 5) is 9.42. The van der Waals surface area contributed by atoms with Gasteiger partial charge in [0.05, 0.1) is 22.3 Å². The van der Waals surface area contributed by atoms with Crippen LogP contribution in [0.15, 0.2) is 24.3 Å². The Morgan fingerprint density at radius 1 is 0.318 bits per heavy atom. The van der Waals surface area contributed by atoms with E-state index in [9.17, 15) is 20.4 Å². The first-order valence-electron chi connectivity index (χ1n) is 35.4. The van der Waals surface area contributed by atoms with E-state index in [0.29, 0.717) is 102 Å². The van der Waals surface area contributed by atoms with Gasteiger partial charge in [-0.05, 0) is 99.3 Å². The molecule has 4 aliphatic heterocycles. The summed E-state index contributed by atoms with van der Waals surface area (Å²) in [5.41, 5.74) is 10.4. The van der Waals surface area contributed by atoms with Gasteiger partial charge in [0.1, 0.15) is 72.9 Å². The van der Waals surface area contributed by atoms with Gasteiger partial charge in [0.25, 0.3) is 0 Å². The first-order chi connectivity index (χ1) is 42.5. The lowest BCUT2D eigenvalue weighted by atomic mass is 9.73. The fourth-order valence-corrected chi connectivity index (χ4v) is 15.3. The van der Waals surface area contributed by atoms with Gasteiger partial charge in [0.2, 0.25) is 0 Å².